The number of benzene rings is 1. The van der Waals surface area contributed by atoms with Crippen molar-refractivity contribution in [3.8, 4) is 0 Å². The van der Waals surface area contributed by atoms with Gasteiger partial charge < -0.3 is 20.3 Å². The minimum absolute atomic E-state index is 0.0561. The first-order chi connectivity index (χ1) is 10.6. The zero-order chi connectivity index (χ0) is 15.9. The number of aliphatic carboxylic acids is 1. The third-order valence-corrected chi connectivity index (χ3v) is 3.32. The van der Waals surface area contributed by atoms with Gasteiger partial charge in [0.25, 0.3) is 0 Å². The SMILES string of the molecule is Cc1nc2ccccc2n1CCNC(=O)NCCCC(=O)O. The van der Waals surface area contributed by atoms with E-state index in [2.05, 4.69) is 20.2 Å². The van der Waals surface area contributed by atoms with Gasteiger partial charge in [0.2, 0.25) is 0 Å². The fraction of sp³-hybridized carbons (Fsp3) is 0.400. The molecule has 7 nitrogen and oxygen atoms in total. The maximum Gasteiger partial charge on any atom is 0.314 e. The Morgan fingerprint density at radius 1 is 1.23 bits per heavy atom. The van der Waals surface area contributed by atoms with Crippen LogP contribution in [0.15, 0.2) is 24.3 Å². The number of carboxylic acids is 1. The fourth-order valence-corrected chi connectivity index (χ4v) is 2.26. The van der Waals surface area contributed by atoms with Gasteiger partial charge in [0.05, 0.1) is 11.0 Å². The molecule has 0 fully saturated rings. The van der Waals surface area contributed by atoms with E-state index in [0.29, 0.717) is 26.1 Å². The molecule has 0 radical (unpaired) electrons. The van der Waals surface area contributed by atoms with Crippen LogP contribution in [0.1, 0.15) is 18.7 Å². The van der Waals surface area contributed by atoms with Gasteiger partial charge in [0.1, 0.15) is 5.82 Å². The summed E-state index contributed by atoms with van der Waals surface area (Å²) in [6, 6.07) is 7.58. The Bertz CT molecular complexity index is 666. The van der Waals surface area contributed by atoms with Gasteiger partial charge in [-0.1, -0.05) is 12.1 Å². The number of urea groups is 1. The lowest BCUT2D eigenvalue weighted by Crippen LogP contribution is -2.37. The number of carboxylic acid groups (broad SMARTS) is 1. The first-order valence-electron chi connectivity index (χ1n) is 7.23. The van der Waals surface area contributed by atoms with E-state index in [1.165, 1.54) is 0 Å². The van der Waals surface area contributed by atoms with E-state index in [0.717, 1.165) is 16.9 Å². The number of nitrogens with one attached hydrogen (secondary N) is 2. The molecule has 118 valence electrons. The van der Waals surface area contributed by atoms with Gasteiger partial charge in [0.15, 0.2) is 0 Å². The second kappa shape index (κ2) is 7.44. The normalized spacial score (nSPS) is 10.6. The zero-order valence-electron chi connectivity index (χ0n) is 12.5. The predicted octanol–water partition coefficient (Wildman–Crippen LogP) is 1.51. The molecule has 2 rings (SSSR count). The molecule has 0 aliphatic carbocycles. The van der Waals surface area contributed by atoms with Gasteiger partial charge in [-0.2, -0.15) is 0 Å². The van der Waals surface area contributed by atoms with Crippen LogP contribution >= 0.6 is 0 Å². The smallest absolute Gasteiger partial charge is 0.314 e. The van der Waals surface area contributed by atoms with Crippen LogP contribution in [-0.4, -0.2) is 39.7 Å². The first-order valence-corrected chi connectivity index (χ1v) is 7.23. The van der Waals surface area contributed by atoms with Crippen molar-refractivity contribution in [3.05, 3.63) is 30.1 Å². The van der Waals surface area contributed by atoms with E-state index in [1.807, 2.05) is 31.2 Å². The lowest BCUT2D eigenvalue weighted by molar-refractivity contribution is -0.137. The Hall–Kier alpha value is -2.57. The molecule has 0 aliphatic rings. The molecule has 0 saturated heterocycles. The van der Waals surface area contributed by atoms with E-state index in [1.54, 1.807) is 0 Å². The number of imidazole rings is 1. The molecule has 2 amide bonds. The highest BCUT2D eigenvalue weighted by Crippen LogP contribution is 2.14. The highest BCUT2D eigenvalue weighted by Gasteiger charge is 2.07. The Labute approximate surface area is 128 Å². The average molecular weight is 304 g/mol. The van der Waals surface area contributed by atoms with E-state index in [-0.39, 0.29) is 12.5 Å². The molecule has 0 spiro atoms. The molecule has 0 atom stereocenters. The molecule has 3 N–H and O–H groups in total. The van der Waals surface area contributed by atoms with Gasteiger partial charge >= 0.3 is 12.0 Å². The summed E-state index contributed by atoms with van der Waals surface area (Å²) in [5, 5.41) is 13.9. The first kappa shape index (κ1) is 15.8. The van der Waals surface area contributed by atoms with Crippen molar-refractivity contribution in [2.75, 3.05) is 13.1 Å². The molecule has 2 aromatic rings. The summed E-state index contributed by atoms with van der Waals surface area (Å²) in [4.78, 5) is 26.4. The minimum atomic E-state index is -0.857. The molecule has 0 unspecified atom stereocenters. The summed E-state index contributed by atoms with van der Waals surface area (Å²) in [6.45, 7) is 3.40. The molecular weight excluding hydrogens is 284 g/mol. The van der Waals surface area contributed by atoms with Crippen LogP contribution in [0, 0.1) is 6.92 Å². The quantitative estimate of drug-likeness (QED) is 0.676. The number of rotatable bonds is 7. The number of carbonyl (C=O) groups excluding carboxylic acids is 1. The van der Waals surface area contributed by atoms with Crippen molar-refractivity contribution in [2.45, 2.75) is 26.3 Å². The van der Waals surface area contributed by atoms with E-state index in [9.17, 15) is 9.59 Å². The summed E-state index contributed by atoms with van der Waals surface area (Å²) in [5.74, 6) is 0.0505. The lowest BCUT2D eigenvalue weighted by Gasteiger charge is -2.09. The van der Waals surface area contributed by atoms with Crippen LogP contribution in [0.5, 0.6) is 0 Å². The molecule has 1 heterocycles. The third kappa shape index (κ3) is 4.21. The van der Waals surface area contributed by atoms with Gasteiger partial charge in [-0.25, -0.2) is 9.78 Å². The highest BCUT2D eigenvalue weighted by molar-refractivity contribution is 5.76. The maximum absolute atomic E-state index is 11.6. The average Bonchev–Trinajstić information content (AvgIpc) is 2.80. The van der Waals surface area contributed by atoms with E-state index >= 15 is 0 Å². The molecule has 1 aromatic heterocycles. The standard InChI is InChI=1S/C15H20N4O3/c1-11-18-12-5-2-3-6-13(12)19(11)10-9-17-15(22)16-8-4-7-14(20)21/h2-3,5-6H,4,7-10H2,1H3,(H,20,21)(H2,16,17,22). The Balaban J connectivity index is 1.77. The van der Waals surface area contributed by atoms with Crippen molar-refractivity contribution in [1.29, 1.82) is 0 Å². The third-order valence-electron chi connectivity index (χ3n) is 3.32. The predicted molar refractivity (Wildman–Crippen MR) is 82.7 cm³/mol. The zero-order valence-corrected chi connectivity index (χ0v) is 12.5. The van der Waals surface area contributed by atoms with Crippen molar-refractivity contribution >= 4 is 23.0 Å². The Kier molecular flexibility index (Phi) is 5.35. The van der Waals surface area contributed by atoms with Crippen LogP contribution < -0.4 is 10.6 Å². The lowest BCUT2D eigenvalue weighted by atomic mass is 10.3. The number of hydrogen-bond acceptors (Lipinski definition) is 3. The fourth-order valence-electron chi connectivity index (χ4n) is 2.26. The Morgan fingerprint density at radius 2 is 1.95 bits per heavy atom. The monoisotopic (exact) mass is 304 g/mol. The number of fused-ring (bicyclic) bond motifs is 1. The van der Waals surface area contributed by atoms with E-state index in [4.69, 9.17) is 5.11 Å². The van der Waals surface area contributed by atoms with Crippen molar-refractivity contribution in [2.24, 2.45) is 0 Å². The summed E-state index contributed by atoms with van der Waals surface area (Å²) in [6.07, 6.45) is 0.481. The van der Waals surface area contributed by atoms with Crippen molar-refractivity contribution < 1.29 is 14.7 Å². The summed E-state index contributed by atoms with van der Waals surface area (Å²) in [7, 11) is 0. The number of hydrogen-bond donors (Lipinski definition) is 3. The molecule has 22 heavy (non-hydrogen) atoms. The Morgan fingerprint density at radius 3 is 2.73 bits per heavy atom. The molecule has 0 aliphatic heterocycles. The number of aryl methyl sites for hydroxylation is 1. The second-order valence-corrected chi connectivity index (χ2v) is 4.98. The number of nitrogens with zero attached hydrogens (tertiary/aromatic N) is 2. The van der Waals surface area contributed by atoms with Crippen LogP contribution in [0.25, 0.3) is 11.0 Å². The number of amides is 2. The van der Waals surface area contributed by atoms with Crippen LogP contribution in [0.4, 0.5) is 4.79 Å². The van der Waals surface area contributed by atoms with Crippen LogP contribution in [-0.2, 0) is 11.3 Å². The summed E-state index contributed by atoms with van der Waals surface area (Å²) in [5.41, 5.74) is 1.99. The molecule has 7 heteroatoms. The van der Waals surface area contributed by atoms with Gasteiger partial charge in [-0.15, -0.1) is 0 Å². The number of para-hydroxylation sites is 2. The molecular formula is C15H20N4O3. The summed E-state index contributed by atoms with van der Waals surface area (Å²) >= 11 is 0. The molecule has 0 saturated carbocycles. The minimum Gasteiger partial charge on any atom is -0.481 e. The van der Waals surface area contributed by atoms with Crippen LogP contribution in [0.3, 0.4) is 0 Å². The summed E-state index contributed by atoms with van der Waals surface area (Å²) < 4.78 is 2.06. The second-order valence-electron chi connectivity index (χ2n) is 4.98. The molecule has 0 bridgehead atoms. The molecule has 1 aromatic carbocycles. The van der Waals surface area contributed by atoms with Crippen LogP contribution in [0.2, 0.25) is 0 Å². The number of carbonyl (C=O) groups is 2. The maximum atomic E-state index is 11.6. The topological polar surface area (TPSA) is 96.3 Å². The van der Waals surface area contributed by atoms with Gasteiger partial charge in [-0.05, 0) is 25.5 Å². The number of aromatic nitrogens is 2. The van der Waals surface area contributed by atoms with E-state index < -0.39 is 5.97 Å². The van der Waals surface area contributed by atoms with Gasteiger partial charge in [0, 0.05) is 26.1 Å². The highest BCUT2D eigenvalue weighted by atomic mass is 16.4. The van der Waals surface area contributed by atoms with Crippen molar-refractivity contribution in [1.82, 2.24) is 20.2 Å². The van der Waals surface area contributed by atoms with Gasteiger partial charge in [-0.3, -0.25) is 4.79 Å². The largest absolute Gasteiger partial charge is 0.481 e. The van der Waals surface area contributed by atoms with Crippen molar-refractivity contribution in [3.63, 3.8) is 0 Å².